The van der Waals surface area contributed by atoms with Crippen LogP contribution in [0, 0.1) is 0 Å². The van der Waals surface area contributed by atoms with E-state index in [2.05, 4.69) is 23.0 Å². The standard InChI is InChI=1S/C19H27N3O3/c1-25-19-8-7-14(23)11-17(19)22(10-9-19)18(24)16-12-15(20-21-16)13-5-3-2-4-6-13/h2-6,14-17,20-21,23H,7-12H2,1H3/t14-,15?,16?,17+,19-/m1/s1. The number of hydrazine groups is 1. The van der Waals surface area contributed by atoms with Crippen molar-refractivity contribution in [3.63, 3.8) is 0 Å². The molecule has 2 heterocycles. The van der Waals surface area contributed by atoms with Gasteiger partial charge in [-0.05, 0) is 37.7 Å². The van der Waals surface area contributed by atoms with Crippen molar-refractivity contribution in [2.75, 3.05) is 13.7 Å². The molecule has 5 atom stereocenters. The molecule has 3 N–H and O–H groups in total. The van der Waals surface area contributed by atoms with Crippen LogP contribution in [0.25, 0.3) is 0 Å². The Morgan fingerprint density at radius 1 is 1.24 bits per heavy atom. The molecule has 3 aliphatic rings. The van der Waals surface area contributed by atoms with Crippen LogP contribution >= 0.6 is 0 Å². The Morgan fingerprint density at radius 2 is 2.04 bits per heavy atom. The van der Waals surface area contributed by atoms with Gasteiger partial charge in [0.2, 0.25) is 5.91 Å². The number of carbonyl (C=O) groups excluding carboxylic acids is 1. The van der Waals surface area contributed by atoms with Crippen molar-refractivity contribution in [3.8, 4) is 0 Å². The highest BCUT2D eigenvalue weighted by Crippen LogP contribution is 2.43. The first kappa shape index (κ1) is 17.0. The number of aliphatic hydroxyl groups excluding tert-OH is 1. The Hall–Kier alpha value is -1.47. The fraction of sp³-hybridized carbons (Fsp3) is 0.632. The summed E-state index contributed by atoms with van der Waals surface area (Å²) in [5.41, 5.74) is 7.34. The van der Waals surface area contributed by atoms with Gasteiger partial charge >= 0.3 is 0 Å². The van der Waals surface area contributed by atoms with E-state index in [0.717, 1.165) is 25.7 Å². The lowest BCUT2D eigenvalue weighted by Crippen LogP contribution is -2.55. The number of amides is 1. The summed E-state index contributed by atoms with van der Waals surface area (Å²) in [6.45, 7) is 0.707. The zero-order chi connectivity index (χ0) is 17.4. The smallest absolute Gasteiger partial charge is 0.241 e. The molecule has 1 aromatic rings. The van der Waals surface area contributed by atoms with E-state index in [1.165, 1.54) is 5.56 Å². The number of hydrogen-bond donors (Lipinski definition) is 3. The van der Waals surface area contributed by atoms with E-state index in [4.69, 9.17) is 4.74 Å². The van der Waals surface area contributed by atoms with Crippen LogP contribution in [-0.4, -0.2) is 53.4 Å². The van der Waals surface area contributed by atoms with Crippen LogP contribution in [0.1, 0.15) is 43.7 Å². The summed E-state index contributed by atoms with van der Waals surface area (Å²) < 4.78 is 5.84. The van der Waals surface area contributed by atoms with Gasteiger partial charge in [0.05, 0.1) is 17.7 Å². The third kappa shape index (κ3) is 2.97. The van der Waals surface area contributed by atoms with E-state index in [9.17, 15) is 9.90 Å². The van der Waals surface area contributed by atoms with E-state index in [1.54, 1.807) is 7.11 Å². The van der Waals surface area contributed by atoms with Crippen LogP contribution < -0.4 is 10.9 Å². The van der Waals surface area contributed by atoms with Gasteiger partial charge in [-0.3, -0.25) is 4.79 Å². The van der Waals surface area contributed by atoms with Crippen molar-refractivity contribution in [3.05, 3.63) is 35.9 Å². The highest BCUT2D eigenvalue weighted by atomic mass is 16.5. The summed E-state index contributed by atoms with van der Waals surface area (Å²) in [6.07, 6.45) is 3.44. The Bertz CT molecular complexity index is 626. The lowest BCUT2D eigenvalue weighted by molar-refractivity contribution is -0.141. The van der Waals surface area contributed by atoms with Crippen LogP contribution in [0.4, 0.5) is 0 Å². The quantitative estimate of drug-likeness (QED) is 0.766. The molecular weight excluding hydrogens is 318 g/mol. The molecule has 6 heteroatoms. The van der Waals surface area contributed by atoms with Gasteiger partial charge in [0.1, 0.15) is 6.04 Å². The molecule has 136 valence electrons. The second-order valence-corrected chi connectivity index (χ2v) is 7.53. The van der Waals surface area contributed by atoms with Crippen LogP contribution in [0.3, 0.4) is 0 Å². The van der Waals surface area contributed by atoms with Gasteiger partial charge in [-0.1, -0.05) is 30.3 Å². The van der Waals surface area contributed by atoms with Gasteiger partial charge in [-0.15, -0.1) is 0 Å². The summed E-state index contributed by atoms with van der Waals surface area (Å²) in [5, 5.41) is 10.1. The number of nitrogens with one attached hydrogen (secondary N) is 2. The van der Waals surface area contributed by atoms with Gasteiger partial charge in [0.15, 0.2) is 0 Å². The van der Waals surface area contributed by atoms with Crippen molar-refractivity contribution < 1.29 is 14.6 Å². The maximum atomic E-state index is 13.1. The maximum Gasteiger partial charge on any atom is 0.241 e. The van der Waals surface area contributed by atoms with Crippen LogP contribution in [-0.2, 0) is 9.53 Å². The number of methoxy groups -OCH3 is 1. The Balaban J connectivity index is 1.46. The molecule has 1 saturated carbocycles. The molecule has 0 radical (unpaired) electrons. The molecule has 6 nitrogen and oxygen atoms in total. The molecule has 25 heavy (non-hydrogen) atoms. The number of ether oxygens (including phenoxy) is 1. The number of carbonyl (C=O) groups is 1. The molecule has 3 fully saturated rings. The average molecular weight is 345 g/mol. The highest BCUT2D eigenvalue weighted by Gasteiger charge is 2.53. The third-order valence-corrected chi connectivity index (χ3v) is 6.25. The lowest BCUT2D eigenvalue weighted by Gasteiger charge is -2.42. The van der Waals surface area contributed by atoms with E-state index in [-0.39, 0.29) is 35.7 Å². The fourth-order valence-corrected chi connectivity index (χ4v) is 4.76. The minimum absolute atomic E-state index is 0.0219. The first-order valence-corrected chi connectivity index (χ1v) is 9.23. The topological polar surface area (TPSA) is 73.8 Å². The van der Waals surface area contributed by atoms with Crippen molar-refractivity contribution >= 4 is 5.91 Å². The van der Waals surface area contributed by atoms with Gasteiger partial charge in [0.25, 0.3) is 0 Å². The molecule has 0 spiro atoms. The number of nitrogens with zero attached hydrogens (tertiary/aromatic N) is 1. The Labute approximate surface area is 148 Å². The van der Waals surface area contributed by atoms with Crippen LogP contribution in [0.2, 0.25) is 0 Å². The minimum Gasteiger partial charge on any atom is -0.393 e. The Kier molecular flexibility index (Phi) is 4.54. The number of rotatable bonds is 3. The summed E-state index contributed by atoms with van der Waals surface area (Å²) in [6, 6.07) is 10.1. The highest BCUT2D eigenvalue weighted by molar-refractivity contribution is 5.83. The van der Waals surface area contributed by atoms with Gasteiger partial charge in [0, 0.05) is 19.7 Å². The third-order valence-electron chi connectivity index (χ3n) is 6.25. The molecule has 1 amide bonds. The molecule has 2 aliphatic heterocycles. The van der Waals surface area contributed by atoms with Crippen molar-refractivity contribution in [2.45, 2.75) is 61.9 Å². The second kappa shape index (κ2) is 6.68. The van der Waals surface area contributed by atoms with Crippen LogP contribution in [0.5, 0.6) is 0 Å². The van der Waals surface area contributed by atoms with Gasteiger partial charge < -0.3 is 14.7 Å². The molecule has 2 saturated heterocycles. The van der Waals surface area contributed by atoms with E-state index in [0.29, 0.717) is 13.0 Å². The summed E-state index contributed by atoms with van der Waals surface area (Å²) in [4.78, 5) is 15.1. The first-order chi connectivity index (χ1) is 12.1. The van der Waals surface area contributed by atoms with Gasteiger partial charge in [-0.25, -0.2) is 10.9 Å². The molecule has 4 rings (SSSR count). The summed E-state index contributed by atoms with van der Waals surface area (Å²) in [7, 11) is 1.74. The fourth-order valence-electron chi connectivity index (χ4n) is 4.76. The summed E-state index contributed by atoms with van der Waals surface area (Å²) in [5.74, 6) is 0.115. The van der Waals surface area contributed by atoms with Gasteiger partial charge in [-0.2, -0.15) is 0 Å². The molecule has 2 unspecified atom stereocenters. The predicted molar refractivity (Wildman–Crippen MR) is 93.6 cm³/mol. The first-order valence-electron chi connectivity index (χ1n) is 9.23. The molecule has 0 aromatic heterocycles. The zero-order valence-corrected chi connectivity index (χ0v) is 14.6. The van der Waals surface area contributed by atoms with Crippen LogP contribution in [0.15, 0.2) is 30.3 Å². The van der Waals surface area contributed by atoms with Crippen molar-refractivity contribution in [2.24, 2.45) is 0 Å². The van der Waals surface area contributed by atoms with E-state index >= 15 is 0 Å². The van der Waals surface area contributed by atoms with Crippen molar-refractivity contribution in [1.82, 2.24) is 15.8 Å². The summed E-state index contributed by atoms with van der Waals surface area (Å²) >= 11 is 0. The molecule has 0 bridgehead atoms. The maximum absolute atomic E-state index is 13.1. The number of benzene rings is 1. The van der Waals surface area contributed by atoms with E-state index < -0.39 is 0 Å². The minimum atomic E-state index is -0.339. The molecule has 1 aromatic carbocycles. The number of likely N-dealkylation sites (tertiary alicyclic amines) is 1. The normalized spacial score (nSPS) is 37.9. The number of hydrogen-bond acceptors (Lipinski definition) is 5. The lowest BCUT2D eigenvalue weighted by atomic mass is 9.79. The second-order valence-electron chi connectivity index (χ2n) is 7.53. The average Bonchev–Trinajstić information content (AvgIpc) is 3.27. The monoisotopic (exact) mass is 345 g/mol. The Morgan fingerprint density at radius 3 is 2.80 bits per heavy atom. The largest absolute Gasteiger partial charge is 0.393 e. The predicted octanol–water partition coefficient (Wildman–Crippen LogP) is 1.13. The van der Waals surface area contributed by atoms with E-state index in [1.807, 2.05) is 23.1 Å². The molecular formula is C19H27N3O3. The van der Waals surface area contributed by atoms with Crippen molar-refractivity contribution in [1.29, 1.82) is 0 Å². The molecule has 1 aliphatic carbocycles. The SMILES string of the molecule is CO[C@@]12CC[C@@H](O)C[C@@H]1N(C(=O)C1CC(c3ccccc3)NN1)CC2. The zero-order valence-electron chi connectivity index (χ0n) is 14.6. The number of fused-ring (bicyclic) bond motifs is 1. The number of aliphatic hydroxyl groups is 1.